The molecule has 0 fully saturated rings. The average molecular weight is 266 g/mol. The molecule has 1 atom stereocenters. The Morgan fingerprint density at radius 2 is 2.19 bits per heavy atom. The van der Waals surface area contributed by atoms with Crippen LogP contribution in [0.3, 0.4) is 0 Å². The Bertz CT molecular complexity index is 396. The highest BCUT2D eigenvalue weighted by atomic mass is 35.5. The molecule has 0 amide bonds. The first kappa shape index (κ1) is 15.2. The fourth-order valence-electron chi connectivity index (χ4n) is 1.35. The molecule has 0 unspecified atom stereocenters. The Labute approximate surface area is 105 Å². The summed E-state index contributed by atoms with van der Waals surface area (Å²) >= 11 is 5.67. The summed E-state index contributed by atoms with van der Waals surface area (Å²) in [6.45, 7) is 5.52. The minimum atomic E-state index is -0.755. The quantitative estimate of drug-likeness (QED) is 0.821. The van der Waals surface area contributed by atoms with E-state index in [1.165, 1.54) is 6.07 Å². The lowest BCUT2D eigenvalue weighted by Crippen LogP contribution is -2.11. The first-order chi connectivity index (χ1) is 6.91. The van der Waals surface area contributed by atoms with E-state index in [0.29, 0.717) is 12.0 Å². The number of aromatic hydroxyl groups is 1. The molecular formula is C11H14Cl2FNO. The predicted octanol–water partition coefficient (Wildman–Crippen LogP) is 3.57. The molecule has 0 aliphatic rings. The van der Waals surface area contributed by atoms with Gasteiger partial charge in [-0.15, -0.1) is 19.0 Å². The first-order valence-corrected chi connectivity index (χ1v) is 4.87. The second-order valence-corrected chi connectivity index (χ2v) is 4.03. The first-order valence-electron chi connectivity index (χ1n) is 4.49. The minimum absolute atomic E-state index is 0. The molecule has 1 aromatic carbocycles. The van der Waals surface area contributed by atoms with Crippen LogP contribution in [0.1, 0.15) is 24.9 Å². The topological polar surface area (TPSA) is 46.2 Å². The van der Waals surface area contributed by atoms with Gasteiger partial charge in [-0.3, -0.25) is 0 Å². The molecule has 5 heteroatoms. The maximum Gasteiger partial charge on any atom is 0.166 e. The molecule has 0 bridgehead atoms. The fourth-order valence-corrected chi connectivity index (χ4v) is 1.57. The summed E-state index contributed by atoms with van der Waals surface area (Å²) in [6, 6.07) is 2.03. The van der Waals surface area contributed by atoms with E-state index in [0.717, 1.165) is 11.6 Å². The second-order valence-electron chi connectivity index (χ2n) is 3.59. The highest BCUT2D eigenvalue weighted by molar-refractivity contribution is 6.30. The van der Waals surface area contributed by atoms with Gasteiger partial charge in [-0.2, -0.15) is 0 Å². The molecule has 1 aromatic rings. The van der Waals surface area contributed by atoms with Crippen LogP contribution in [0.15, 0.2) is 24.3 Å². The summed E-state index contributed by atoms with van der Waals surface area (Å²) in [5.74, 6) is -1.19. The molecule has 0 radical (unpaired) electrons. The number of halogens is 3. The lowest BCUT2D eigenvalue weighted by Gasteiger charge is -2.14. The van der Waals surface area contributed by atoms with Gasteiger partial charge in [0.15, 0.2) is 11.6 Å². The van der Waals surface area contributed by atoms with Crippen molar-refractivity contribution in [3.05, 3.63) is 40.7 Å². The smallest absolute Gasteiger partial charge is 0.166 e. The summed E-state index contributed by atoms with van der Waals surface area (Å²) < 4.78 is 13.1. The summed E-state index contributed by atoms with van der Waals surface area (Å²) in [7, 11) is 0. The van der Waals surface area contributed by atoms with Crippen LogP contribution < -0.4 is 5.73 Å². The summed E-state index contributed by atoms with van der Waals surface area (Å²) in [5, 5.41) is 9.68. The number of hydrogen-bond acceptors (Lipinski definition) is 2. The molecule has 0 saturated carbocycles. The summed E-state index contributed by atoms with van der Waals surface area (Å²) in [6.07, 6.45) is 0.480. The van der Waals surface area contributed by atoms with Crippen LogP contribution in [0.4, 0.5) is 4.39 Å². The Hall–Kier alpha value is -0.770. The van der Waals surface area contributed by atoms with Crippen molar-refractivity contribution in [2.24, 2.45) is 5.73 Å². The number of rotatable bonds is 3. The Kier molecular flexibility index (Phi) is 5.79. The van der Waals surface area contributed by atoms with Crippen molar-refractivity contribution in [3.63, 3.8) is 0 Å². The Morgan fingerprint density at radius 1 is 1.62 bits per heavy atom. The van der Waals surface area contributed by atoms with Crippen LogP contribution in [0.25, 0.3) is 0 Å². The van der Waals surface area contributed by atoms with Crippen LogP contribution in [-0.4, -0.2) is 5.11 Å². The van der Waals surface area contributed by atoms with Crippen molar-refractivity contribution in [1.29, 1.82) is 0 Å². The van der Waals surface area contributed by atoms with E-state index in [9.17, 15) is 9.50 Å². The third kappa shape index (κ3) is 3.67. The SMILES string of the molecule is C=C(C)C[C@H](N)c1cc(Cl)cc(F)c1O.Cl. The second kappa shape index (κ2) is 6.09. The van der Waals surface area contributed by atoms with Crippen molar-refractivity contribution >= 4 is 24.0 Å². The molecule has 0 spiro atoms. The molecule has 0 aliphatic carbocycles. The van der Waals surface area contributed by atoms with Gasteiger partial charge in [-0.25, -0.2) is 4.39 Å². The summed E-state index contributed by atoms with van der Waals surface area (Å²) in [5.41, 5.74) is 6.96. The van der Waals surface area contributed by atoms with Gasteiger partial charge in [0.05, 0.1) is 0 Å². The van der Waals surface area contributed by atoms with Gasteiger partial charge < -0.3 is 10.8 Å². The van der Waals surface area contributed by atoms with Gasteiger partial charge in [0, 0.05) is 16.6 Å². The van der Waals surface area contributed by atoms with Crippen LogP contribution in [-0.2, 0) is 0 Å². The van der Waals surface area contributed by atoms with Crippen LogP contribution in [0, 0.1) is 5.82 Å². The number of benzene rings is 1. The van der Waals surface area contributed by atoms with Crippen molar-refractivity contribution in [1.82, 2.24) is 0 Å². The zero-order valence-electron chi connectivity index (χ0n) is 8.84. The maximum absolute atomic E-state index is 13.1. The highest BCUT2D eigenvalue weighted by Crippen LogP contribution is 2.31. The number of phenolic OH excluding ortho intramolecular Hbond substituents is 1. The number of hydrogen-bond donors (Lipinski definition) is 2. The molecular weight excluding hydrogens is 252 g/mol. The van der Waals surface area contributed by atoms with E-state index in [2.05, 4.69) is 6.58 Å². The van der Waals surface area contributed by atoms with Gasteiger partial charge >= 0.3 is 0 Å². The molecule has 0 aliphatic heterocycles. The van der Waals surface area contributed by atoms with Crippen LogP contribution >= 0.6 is 24.0 Å². The largest absolute Gasteiger partial charge is 0.505 e. The van der Waals surface area contributed by atoms with E-state index in [1.807, 2.05) is 6.92 Å². The Morgan fingerprint density at radius 3 is 2.69 bits per heavy atom. The zero-order valence-corrected chi connectivity index (χ0v) is 10.4. The van der Waals surface area contributed by atoms with E-state index in [4.69, 9.17) is 17.3 Å². The Balaban J connectivity index is 0.00000225. The van der Waals surface area contributed by atoms with Gasteiger partial charge in [0.25, 0.3) is 0 Å². The molecule has 1 rings (SSSR count). The summed E-state index contributed by atoms with van der Waals surface area (Å²) in [4.78, 5) is 0. The zero-order chi connectivity index (χ0) is 11.6. The maximum atomic E-state index is 13.1. The molecule has 0 aromatic heterocycles. The fraction of sp³-hybridized carbons (Fsp3) is 0.273. The minimum Gasteiger partial charge on any atom is -0.505 e. The van der Waals surface area contributed by atoms with Crippen molar-refractivity contribution in [2.75, 3.05) is 0 Å². The normalized spacial score (nSPS) is 11.8. The van der Waals surface area contributed by atoms with Gasteiger partial charge in [0.2, 0.25) is 0 Å². The van der Waals surface area contributed by atoms with E-state index < -0.39 is 17.6 Å². The lowest BCUT2D eigenvalue weighted by molar-refractivity contribution is 0.420. The van der Waals surface area contributed by atoms with Crippen molar-refractivity contribution in [2.45, 2.75) is 19.4 Å². The van der Waals surface area contributed by atoms with Gasteiger partial charge in [-0.1, -0.05) is 17.2 Å². The predicted molar refractivity (Wildman–Crippen MR) is 66.7 cm³/mol. The van der Waals surface area contributed by atoms with Crippen LogP contribution in [0.2, 0.25) is 5.02 Å². The van der Waals surface area contributed by atoms with Gasteiger partial charge in [0.1, 0.15) is 0 Å². The van der Waals surface area contributed by atoms with Gasteiger partial charge in [-0.05, 0) is 25.5 Å². The lowest BCUT2D eigenvalue weighted by atomic mass is 10.0. The molecule has 0 heterocycles. The van der Waals surface area contributed by atoms with E-state index in [-0.39, 0.29) is 17.4 Å². The molecule has 3 N–H and O–H groups in total. The molecule has 2 nitrogen and oxygen atoms in total. The average Bonchev–Trinajstić information content (AvgIpc) is 2.09. The van der Waals surface area contributed by atoms with Crippen molar-refractivity contribution in [3.8, 4) is 5.75 Å². The third-order valence-corrected chi connectivity index (χ3v) is 2.24. The molecule has 0 saturated heterocycles. The number of phenols is 1. The molecule has 16 heavy (non-hydrogen) atoms. The van der Waals surface area contributed by atoms with Crippen molar-refractivity contribution < 1.29 is 9.50 Å². The third-order valence-electron chi connectivity index (χ3n) is 2.03. The highest BCUT2D eigenvalue weighted by Gasteiger charge is 2.15. The monoisotopic (exact) mass is 265 g/mol. The van der Waals surface area contributed by atoms with E-state index >= 15 is 0 Å². The molecule has 90 valence electrons. The van der Waals surface area contributed by atoms with E-state index in [1.54, 1.807) is 0 Å². The standard InChI is InChI=1S/C11H13ClFNO.ClH/c1-6(2)3-10(14)8-4-7(12)5-9(13)11(8)15;/h4-5,10,15H,1,3,14H2,2H3;1H/t10-;/m0./s1. The van der Waals surface area contributed by atoms with Crippen LogP contribution in [0.5, 0.6) is 5.75 Å². The number of nitrogens with two attached hydrogens (primary N) is 1.